The van der Waals surface area contributed by atoms with Gasteiger partial charge >= 0.3 is 0 Å². The number of carbonyl (C=O) groups is 1. The number of halogens is 1. The molecule has 0 aliphatic carbocycles. The molecule has 3 aromatic rings. The molecule has 7 nitrogen and oxygen atoms in total. The Hall–Kier alpha value is -3.46. The van der Waals surface area contributed by atoms with Crippen LogP contribution < -0.4 is 19.5 Å². The van der Waals surface area contributed by atoms with Crippen molar-refractivity contribution in [1.82, 2.24) is 10.2 Å². The number of aromatic nitrogens is 2. The summed E-state index contributed by atoms with van der Waals surface area (Å²) < 4.78 is 28.9. The number of hydrogen-bond acceptors (Lipinski definition) is 7. The molecule has 0 saturated carbocycles. The van der Waals surface area contributed by atoms with E-state index >= 15 is 0 Å². The molecule has 1 amide bonds. The maximum Gasteiger partial charge on any atom is 0.250 e. The van der Waals surface area contributed by atoms with Gasteiger partial charge < -0.3 is 14.2 Å². The van der Waals surface area contributed by atoms with E-state index in [1.165, 1.54) is 50.9 Å². The summed E-state index contributed by atoms with van der Waals surface area (Å²) in [5.41, 5.74) is 1.41. The fraction of sp³-hybridized carbons (Fsp3) is 0.150. The predicted molar refractivity (Wildman–Crippen MR) is 109 cm³/mol. The van der Waals surface area contributed by atoms with Gasteiger partial charge in [-0.2, -0.15) is 0 Å². The van der Waals surface area contributed by atoms with Crippen LogP contribution in [0.5, 0.6) is 17.2 Å². The first kappa shape index (κ1) is 20.3. The van der Waals surface area contributed by atoms with Crippen molar-refractivity contribution in [2.75, 3.05) is 26.6 Å². The van der Waals surface area contributed by atoms with E-state index in [1.807, 2.05) is 0 Å². The molecule has 0 atom stereocenters. The second kappa shape index (κ2) is 9.16. The molecule has 9 heteroatoms. The predicted octanol–water partition coefficient (Wildman–Crippen LogP) is 4.02. The minimum absolute atomic E-state index is 0.330. The van der Waals surface area contributed by atoms with E-state index in [1.54, 1.807) is 30.3 Å². The van der Waals surface area contributed by atoms with Gasteiger partial charge in [0, 0.05) is 11.6 Å². The quantitative estimate of drug-likeness (QED) is 0.587. The molecule has 0 radical (unpaired) electrons. The van der Waals surface area contributed by atoms with Crippen LogP contribution in [0.2, 0.25) is 0 Å². The van der Waals surface area contributed by atoms with Gasteiger partial charge in [0.15, 0.2) is 11.5 Å². The van der Waals surface area contributed by atoms with Crippen LogP contribution in [0, 0.1) is 5.82 Å². The van der Waals surface area contributed by atoms with E-state index in [-0.39, 0.29) is 11.7 Å². The third-order valence-corrected chi connectivity index (χ3v) is 4.75. The van der Waals surface area contributed by atoms with Crippen LogP contribution in [-0.4, -0.2) is 37.4 Å². The van der Waals surface area contributed by atoms with Crippen molar-refractivity contribution in [2.24, 2.45) is 0 Å². The number of nitrogens with one attached hydrogen (secondary N) is 1. The Morgan fingerprint density at radius 2 is 1.69 bits per heavy atom. The molecule has 0 aliphatic heterocycles. The molecule has 0 fully saturated rings. The lowest BCUT2D eigenvalue weighted by Crippen LogP contribution is -2.07. The highest BCUT2D eigenvalue weighted by atomic mass is 32.1. The van der Waals surface area contributed by atoms with E-state index in [0.29, 0.717) is 33.0 Å². The van der Waals surface area contributed by atoms with Gasteiger partial charge in [-0.05, 0) is 48.0 Å². The fourth-order valence-electron chi connectivity index (χ4n) is 2.50. The molecular formula is C20H18FN3O4S. The molecule has 150 valence electrons. The zero-order chi connectivity index (χ0) is 20.8. The number of ether oxygens (including phenoxy) is 3. The highest BCUT2D eigenvalue weighted by Gasteiger charge is 2.12. The van der Waals surface area contributed by atoms with Crippen molar-refractivity contribution < 1.29 is 23.4 Å². The maximum absolute atomic E-state index is 13.0. The van der Waals surface area contributed by atoms with E-state index < -0.39 is 0 Å². The molecule has 0 bridgehead atoms. The highest BCUT2D eigenvalue weighted by molar-refractivity contribution is 7.18. The Morgan fingerprint density at radius 3 is 2.28 bits per heavy atom. The monoisotopic (exact) mass is 415 g/mol. The van der Waals surface area contributed by atoms with Crippen molar-refractivity contribution >= 4 is 28.5 Å². The van der Waals surface area contributed by atoms with Crippen molar-refractivity contribution in [1.29, 1.82) is 0 Å². The molecule has 29 heavy (non-hydrogen) atoms. The number of amides is 1. The molecule has 0 unspecified atom stereocenters. The van der Waals surface area contributed by atoms with Gasteiger partial charge in [0.1, 0.15) is 10.8 Å². The number of rotatable bonds is 7. The third-order valence-electron chi connectivity index (χ3n) is 3.86. The van der Waals surface area contributed by atoms with Crippen LogP contribution in [0.4, 0.5) is 9.52 Å². The van der Waals surface area contributed by atoms with Gasteiger partial charge in [-0.1, -0.05) is 11.3 Å². The number of anilines is 1. The first-order valence-corrected chi connectivity index (χ1v) is 9.24. The molecule has 3 rings (SSSR count). The second-order valence-corrected chi connectivity index (χ2v) is 6.68. The number of hydrogen-bond donors (Lipinski definition) is 1. The second-order valence-electron chi connectivity index (χ2n) is 5.70. The van der Waals surface area contributed by atoms with Gasteiger partial charge in [-0.25, -0.2) is 4.39 Å². The molecule has 1 N–H and O–H groups in total. The standard InChI is InChI=1S/C20H18FN3O4S/c1-26-15-10-12(11-16(27-2)18(15)28-3)4-9-17(25)22-20-24-23-19(29-20)13-5-7-14(21)8-6-13/h4-11H,1-3H3,(H,22,24,25)/b9-4+. The average molecular weight is 415 g/mol. The Balaban J connectivity index is 1.71. The number of benzene rings is 2. The summed E-state index contributed by atoms with van der Waals surface area (Å²) in [6.45, 7) is 0. The van der Waals surface area contributed by atoms with Crippen LogP contribution in [0.25, 0.3) is 16.6 Å². The Labute approximate surface area is 170 Å². The van der Waals surface area contributed by atoms with Crippen LogP contribution in [0.3, 0.4) is 0 Å². The van der Waals surface area contributed by atoms with Gasteiger partial charge in [-0.15, -0.1) is 10.2 Å². The van der Waals surface area contributed by atoms with Crippen LogP contribution in [0.15, 0.2) is 42.5 Å². The van der Waals surface area contributed by atoms with Crippen LogP contribution >= 0.6 is 11.3 Å². The molecule has 1 heterocycles. The lowest BCUT2D eigenvalue weighted by molar-refractivity contribution is -0.111. The molecule has 1 aromatic heterocycles. The molecular weight excluding hydrogens is 397 g/mol. The first-order valence-electron chi connectivity index (χ1n) is 8.42. The summed E-state index contributed by atoms with van der Waals surface area (Å²) in [5.74, 6) is 0.739. The summed E-state index contributed by atoms with van der Waals surface area (Å²) >= 11 is 1.19. The Bertz CT molecular complexity index is 1010. The minimum Gasteiger partial charge on any atom is -0.493 e. The van der Waals surface area contributed by atoms with E-state index in [9.17, 15) is 9.18 Å². The maximum atomic E-state index is 13.0. The van der Waals surface area contributed by atoms with Crippen LogP contribution in [0.1, 0.15) is 5.56 Å². The SMILES string of the molecule is COc1cc(/C=C/C(=O)Nc2nnc(-c3ccc(F)cc3)s2)cc(OC)c1OC. The average Bonchev–Trinajstić information content (AvgIpc) is 3.20. The van der Waals surface area contributed by atoms with Crippen molar-refractivity contribution in [3.63, 3.8) is 0 Å². The molecule has 2 aromatic carbocycles. The lowest BCUT2D eigenvalue weighted by atomic mass is 10.1. The normalized spacial score (nSPS) is 10.8. The third kappa shape index (κ3) is 4.88. The minimum atomic E-state index is -0.374. The number of carbonyl (C=O) groups excluding carboxylic acids is 1. The Morgan fingerprint density at radius 1 is 1.03 bits per heavy atom. The fourth-order valence-corrected chi connectivity index (χ4v) is 3.25. The van der Waals surface area contributed by atoms with Crippen LogP contribution in [-0.2, 0) is 4.79 Å². The highest BCUT2D eigenvalue weighted by Crippen LogP contribution is 2.38. The number of methoxy groups -OCH3 is 3. The van der Waals surface area contributed by atoms with Gasteiger partial charge in [0.25, 0.3) is 0 Å². The largest absolute Gasteiger partial charge is 0.493 e. The zero-order valence-corrected chi connectivity index (χ0v) is 16.7. The Kier molecular flexibility index (Phi) is 6.40. The van der Waals surface area contributed by atoms with Gasteiger partial charge in [0.2, 0.25) is 16.8 Å². The topological polar surface area (TPSA) is 82.6 Å². The van der Waals surface area contributed by atoms with Crippen molar-refractivity contribution in [3.05, 3.63) is 53.9 Å². The molecule has 0 spiro atoms. The zero-order valence-electron chi connectivity index (χ0n) is 15.9. The van der Waals surface area contributed by atoms with Gasteiger partial charge in [0.05, 0.1) is 21.3 Å². The first-order chi connectivity index (χ1) is 14.0. The summed E-state index contributed by atoms with van der Waals surface area (Å²) in [7, 11) is 4.56. The molecule has 0 aliphatic rings. The lowest BCUT2D eigenvalue weighted by Gasteiger charge is -2.12. The summed E-state index contributed by atoms with van der Waals surface area (Å²) in [4.78, 5) is 12.2. The van der Waals surface area contributed by atoms with Gasteiger partial charge in [-0.3, -0.25) is 10.1 Å². The van der Waals surface area contributed by atoms with E-state index in [0.717, 1.165) is 5.56 Å². The van der Waals surface area contributed by atoms with Crippen molar-refractivity contribution in [3.8, 4) is 27.8 Å². The summed E-state index contributed by atoms with van der Waals surface area (Å²) in [6, 6.07) is 9.34. The summed E-state index contributed by atoms with van der Waals surface area (Å²) in [5, 5.41) is 11.5. The smallest absolute Gasteiger partial charge is 0.250 e. The molecule has 0 saturated heterocycles. The van der Waals surface area contributed by atoms with Crippen molar-refractivity contribution in [2.45, 2.75) is 0 Å². The van der Waals surface area contributed by atoms with E-state index in [4.69, 9.17) is 14.2 Å². The van der Waals surface area contributed by atoms with E-state index in [2.05, 4.69) is 15.5 Å². The number of nitrogens with zero attached hydrogens (tertiary/aromatic N) is 2. The summed E-state index contributed by atoms with van der Waals surface area (Å²) in [6.07, 6.45) is 2.97.